The highest BCUT2D eigenvalue weighted by Gasteiger charge is 2.21. The summed E-state index contributed by atoms with van der Waals surface area (Å²) in [6.45, 7) is 0. The first-order valence-electron chi connectivity index (χ1n) is 7.01. The second-order valence-electron chi connectivity index (χ2n) is 5.31. The van der Waals surface area contributed by atoms with Gasteiger partial charge in [-0.2, -0.15) is 0 Å². The minimum Gasteiger partial charge on any atom is -0.207 e. The molecular weight excluding hydrogens is 294 g/mol. The molecule has 0 bridgehead atoms. The van der Waals surface area contributed by atoms with Crippen LogP contribution in [0.25, 0.3) is 21.9 Å². The third-order valence-corrected chi connectivity index (χ3v) is 5.60. The van der Waals surface area contributed by atoms with Gasteiger partial charge in [-0.3, -0.25) is 0 Å². The van der Waals surface area contributed by atoms with Crippen LogP contribution in [0.5, 0.6) is 0 Å². The van der Waals surface area contributed by atoms with E-state index in [4.69, 9.17) is 0 Å². The van der Waals surface area contributed by atoms with Crippen LogP contribution in [0, 0.1) is 0 Å². The van der Waals surface area contributed by atoms with Crippen molar-refractivity contribution in [1.29, 1.82) is 0 Å². The Morgan fingerprint density at radius 1 is 0.727 bits per heavy atom. The van der Waals surface area contributed by atoms with Crippen LogP contribution in [0.15, 0.2) is 71.6 Å². The molecule has 22 heavy (non-hydrogen) atoms. The Bertz CT molecular complexity index is 916. The fourth-order valence-corrected chi connectivity index (χ4v) is 3.65. The third kappa shape index (κ3) is 2.40. The maximum atomic E-state index is 12.5. The highest BCUT2D eigenvalue weighted by molar-refractivity contribution is 7.89. The lowest BCUT2D eigenvalue weighted by Crippen LogP contribution is -2.22. The van der Waals surface area contributed by atoms with Crippen molar-refractivity contribution in [2.45, 2.75) is 4.90 Å². The van der Waals surface area contributed by atoms with E-state index < -0.39 is 10.0 Å². The molecule has 0 amide bonds. The van der Waals surface area contributed by atoms with Gasteiger partial charge in [0.25, 0.3) is 0 Å². The zero-order valence-corrected chi connectivity index (χ0v) is 13.3. The van der Waals surface area contributed by atoms with Gasteiger partial charge in [0.1, 0.15) is 0 Å². The van der Waals surface area contributed by atoms with E-state index in [-0.39, 0.29) is 0 Å². The summed E-state index contributed by atoms with van der Waals surface area (Å²) in [6.07, 6.45) is 0. The molecule has 0 aliphatic rings. The Balaban J connectivity index is 2.34. The quantitative estimate of drug-likeness (QED) is 0.738. The molecule has 0 aromatic heterocycles. The monoisotopic (exact) mass is 311 g/mol. The lowest BCUT2D eigenvalue weighted by Gasteiger charge is -2.15. The average molecular weight is 311 g/mol. The van der Waals surface area contributed by atoms with Crippen LogP contribution in [0.2, 0.25) is 0 Å². The van der Waals surface area contributed by atoms with E-state index in [1.165, 1.54) is 4.31 Å². The summed E-state index contributed by atoms with van der Waals surface area (Å²) in [4.78, 5) is 0.341. The second kappa shape index (κ2) is 5.55. The highest BCUT2D eigenvalue weighted by Crippen LogP contribution is 2.33. The molecule has 0 heterocycles. The number of benzene rings is 3. The Labute approximate surface area is 130 Å². The molecular formula is C18H17NO2S. The maximum Gasteiger partial charge on any atom is 0.243 e. The van der Waals surface area contributed by atoms with Crippen LogP contribution in [0.4, 0.5) is 0 Å². The smallest absolute Gasteiger partial charge is 0.207 e. The van der Waals surface area contributed by atoms with Gasteiger partial charge in [-0.15, -0.1) is 0 Å². The van der Waals surface area contributed by atoms with Crippen molar-refractivity contribution < 1.29 is 8.42 Å². The molecule has 0 N–H and O–H groups in total. The average Bonchev–Trinajstić information content (AvgIpc) is 2.54. The molecule has 0 aliphatic heterocycles. The van der Waals surface area contributed by atoms with Crippen molar-refractivity contribution in [3.63, 3.8) is 0 Å². The van der Waals surface area contributed by atoms with E-state index in [9.17, 15) is 8.42 Å². The highest BCUT2D eigenvalue weighted by atomic mass is 32.2. The second-order valence-corrected chi connectivity index (χ2v) is 7.43. The Morgan fingerprint density at radius 3 is 1.95 bits per heavy atom. The number of nitrogens with zero attached hydrogens (tertiary/aromatic N) is 1. The van der Waals surface area contributed by atoms with E-state index in [0.29, 0.717) is 4.90 Å². The van der Waals surface area contributed by atoms with Gasteiger partial charge in [0.15, 0.2) is 0 Å². The van der Waals surface area contributed by atoms with E-state index in [0.717, 1.165) is 21.9 Å². The fraction of sp³-hybridized carbons (Fsp3) is 0.111. The van der Waals surface area contributed by atoms with Crippen molar-refractivity contribution in [1.82, 2.24) is 4.31 Å². The van der Waals surface area contributed by atoms with E-state index in [2.05, 4.69) is 0 Å². The van der Waals surface area contributed by atoms with Crippen molar-refractivity contribution in [3.8, 4) is 11.1 Å². The zero-order chi connectivity index (χ0) is 15.7. The van der Waals surface area contributed by atoms with Crippen molar-refractivity contribution >= 4 is 20.8 Å². The van der Waals surface area contributed by atoms with Crippen LogP contribution in [0.1, 0.15) is 0 Å². The molecule has 0 atom stereocenters. The van der Waals surface area contributed by atoms with Gasteiger partial charge in [0.05, 0.1) is 4.90 Å². The van der Waals surface area contributed by atoms with Gasteiger partial charge < -0.3 is 0 Å². The molecule has 3 nitrogen and oxygen atoms in total. The van der Waals surface area contributed by atoms with Gasteiger partial charge in [0, 0.05) is 19.5 Å². The summed E-state index contributed by atoms with van der Waals surface area (Å²) < 4.78 is 26.3. The van der Waals surface area contributed by atoms with Gasteiger partial charge in [0.2, 0.25) is 10.0 Å². The van der Waals surface area contributed by atoms with Crippen LogP contribution in [-0.4, -0.2) is 26.8 Å². The largest absolute Gasteiger partial charge is 0.243 e. The SMILES string of the molecule is CN(C)S(=O)(=O)c1ccc(-c2ccccc2)c2ccccc12. The van der Waals surface area contributed by atoms with Gasteiger partial charge in [-0.1, -0.05) is 60.7 Å². The van der Waals surface area contributed by atoms with Crippen molar-refractivity contribution in [2.75, 3.05) is 14.1 Å². The number of sulfonamides is 1. The van der Waals surface area contributed by atoms with E-state index in [1.54, 1.807) is 20.2 Å². The molecule has 112 valence electrons. The summed E-state index contributed by atoms with van der Waals surface area (Å²) in [5.41, 5.74) is 2.11. The summed E-state index contributed by atoms with van der Waals surface area (Å²) in [7, 11) is -0.367. The van der Waals surface area contributed by atoms with E-state index in [1.807, 2.05) is 60.7 Å². The van der Waals surface area contributed by atoms with Gasteiger partial charge >= 0.3 is 0 Å². The molecule has 0 saturated carbocycles. The van der Waals surface area contributed by atoms with Crippen molar-refractivity contribution in [2.24, 2.45) is 0 Å². The molecule has 0 spiro atoms. The standard InChI is InChI=1S/C18H17NO2S/c1-19(2)22(20,21)18-13-12-15(14-8-4-3-5-9-14)16-10-6-7-11-17(16)18/h3-13H,1-2H3. The van der Waals surface area contributed by atoms with Crippen LogP contribution in [-0.2, 0) is 10.0 Å². The minimum absolute atomic E-state index is 0.341. The summed E-state index contributed by atoms with van der Waals surface area (Å²) in [5.74, 6) is 0. The molecule has 3 rings (SSSR count). The first kappa shape index (κ1) is 14.8. The molecule has 0 fully saturated rings. The first-order chi connectivity index (χ1) is 10.5. The molecule has 0 saturated heterocycles. The topological polar surface area (TPSA) is 37.4 Å². The molecule has 4 heteroatoms. The van der Waals surface area contributed by atoms with Gasteiger partial charge in [-0.05, 0) is 22.6 Å². The minimum atomic E-state index is -3.47. The van der Waals surface area contributed by atoms with Crippen LogP contribution in [0.3, 0.4) is 0 Å². The molecule has 3 aromatic rings. The number of fused-ring (bicyclic) bond motifs is 1. The summed E-state index contributed by atoms with van der Waals surface area (Å²) >= 11 is 0. The number of hydrogen-bond acceptors (Lipinski definition) is 2. The van der Waals surface area contributed by atoms with Crippen LogP contribution < -0.4 is 0 Å². The summed E-state index contributed by atoms with van der Waals surface area (Å²) in [6, 6.07) is 21.2. The summed E-state index contributed by atoms with van der Waals surface area (Å²) in [5, 5.41) is 1.69. The van der Waals surface area contributed by atoms with Crippen molar-refractivity contribution in [3.05, 3.63) is 66.7 Å². The molecule has 0 unspecified atom stereocenters. The first-order valence-corrected chi connectivity index (χ1v) is 8.45. The third-order valence-electron chi connectivity index (χ3n) is 3.73. The van der Waals surface area contributed by atoms with Gasteiger partial charge in [-0.25, -0.2) is 12.7 Å². The number of hydrogen-bond donors (Lipinski definition) is 0. The molecule has 3 aromatic carbocycles. The number of rotatable bonds is 3. The Morgan fingerprint density at radius 2 is 1.32 bits per heavy atom. The molecule has 0 radical (unpaired) electrons. The molecule has 0 aliphatic carbocycles. The maximum absolute atomic E-state index is 12.5. The predicted molar refractivity (Wildman–Crippen MR) is 90.3 cm³/mol. The van der Waals surface area contributed by atoms with E-state index >= 15 is 0 Å². The predicted octanol–water partition coefficient (Wildman–Crippen LogP) is 3.76. The lowest BCUT2D eigenvalue weighted by molar-refractivity contribution is 0.521. The fourth-order valence-electron chi connectivity index (χ4n) is 2.56. The Kier molecular flexibility index (Phi) is 3.72. The Hall–Kier alpha value is -2.17. The zero-order valence-electron chi connectivity index (χ0n) is 12.5. The lowest BCUT2D eigenvalue weighted by atomic mass is 9.98. The normalized spacial score (nSPS) is 12.0. The van der Waals surface area contributed by atoms with Crippen LogP contribution >= 0.6 is 0 Å².